The Morgan fingerprint density at radius 3 is 2.81 bits per heavy atom. The molecule has 2 aromatic rings. The third kappa shape index (κ3) is 2.78. The van der Waals surface area contributed by atoms with Crippen LogP contribution in [0.2, 0.25) is 5.28 Å². The van der Waals surface area contributed by atoms with Gasteiger partial charge in [-0.15, -0.1) is 0 Å². The Labute approximate surface area is 127 Å². The van der Waals surface area contributed by atoms with Crippen molar-refractivity contribution in [3.8, 4) is 0 Å². The van der Waals surface area contributed by atoms with E-state index in [4.69, 9.17) is 11.6 Å². The summed E-state index contributed by atoms with van der Waals surface area (Å²) in [6, 6.07) is 6.03. The lowest BCUT2D eigenvalue weighted by atomic mass is 10.1. The predicted octanol–water partition coefficient (Wildman–Crippen LogP) is 2.34. The number of hydrogen-bond donors (Lipinski definition) is 0. The summed E-state index contributed by atoms with van der Waals surface area (Å²) in [5.74, 6) is -0.261. The highest BCUT2D eigenvalue weighted by Crippen LogP contribution is 2.22. The topological polar surface area (TPSA) is 38.1 Å². The summed E-state index contributed by atoms with van der Waals surface area (Å²) >= 11 is 6.00. The molecule has 1 aliphatic rings. The Balaban J connectivity index is 1.72. The van der Waals surface area contributed by atoms with E-state index in [2.05, 4.69) is 4.98 Å². The first kappa shape index (κ1) is 14.1. The number of hydrogen-bond acceptors (Lipinski definition) is 2. The molecule has 0 spiro atoms. The summed E-state index contributed by atoms with van der Waals surface area (Å²) in [7, 11) is 1.85. The molecule has 4 nitrogen and oxygen atoms in total. The minimum absolute atomic E-state index is 0.0320. The van der Waals surface area contributed by atoms with Gasteiger partial charge in [0.25, 0.3) is 0 Å². The van der Waals surface area contributed by atoms with E-state index in [-0.39, 0.29) is 18.1 Å². The summed E-state index contributed by atoms with van der Waals surface area (Å²) < 4.78 is 14.7. The van der Waals surface area contributed by atoms with Crippen molar-refractivity contribution in [2.75, 3.05) is 6.54 Å². The average molecular weight is 308 g/mol. The molecule has 1 aliphatic heterocycles. The molecule has 0 aliphatic carbocycles. The largest absolute Gasteiger partial charge is 0.336 e. The van der Waals surface area contributed by atoms with E-state index in [1.54, 1.807) is 17.0 Å². The van der Waals surface area contributed by atoms with Crippen molar-refractivity contribution >= 4 is 17.5 Å². The first-order valence-corrected chi connectivity index (χ1v) is 7.14. The molecule has 0 unspecified atom stereocenters. The highest BCUT2D eigenvalue weighted by Gasteiger charge is 2.25. The molecule has 110 valence electrons. The Hall–Kier alpha value is -1.88. The number of amides is 1. The molecule has 6 heteroatoms. The number of benzene rings is 1. The number of carbonyl (C=O) groups is 1. The van der Waals surface area contributed by atoms with Gasteiger partial charge in [-0.25, -0.2) is 9.37 Å². The Morgan fingerprint density at radius 1 is 1.38 bits per heavy atom. The van der Waals surface area contributed by atoms with Gasteiger partial charge in [-0.2, -0.15) is 0 Å². The second kappa shape index (κ2) is 5.48. The van der Waals surface area contributed by atoms with Crippen LogP contribution in [0.3, 0.4) is 0 Å². The maximum atomic E-state index is 12.9. The quantitative estimate of drug-likeness (QED) is 0.854. The van der Waals surface area contributed by atoms with Crippen molar-refractivity contribution in [1.82, 2.24) is 14.5 Å². The van der Waals surface area contributed by atoms with Crippen LogP contribution in [0.15, 0.2) is 24.3 Å². The third-order valence-electron chi connectivity index (χ3n) is 3.82. The normalized spacial score (nSPS) is 14.1. The highest BCUT2D eigenvalue weighted by atomic mass is 35.5. The molecule has 2 heterocycles. The molecule has 0 radical (unpaired) electrons. The zero-order valence-corrected chi connectivity index (χ0v) is 12.4. The van der Waals surface area contributed by atoms with Crippen molar-refractivity contribution in [2.45, 2.75) is 19.4 Å². The van der Waals surface area contributed by atoms with E-state index in [9.17, 15) is 9.18 Å². The third-order valence-corrected chi connectivity index (χ3v) is 4.16. The minimum atomic E-state index is -0.293. The van der Waals surface area contributed by atoms with Crippen molar-refractivity contribution < 1.29 is 9.18 Å². The Morgan fingerprint density at radius 2 is 2.10 bits per heavy atom. The van der Waals surface area contributed by atoms with Crippen LogP contribution in [0.25, 0.3) is 0 Å². The van der Waals surface area contributed by atoms with E-state index < -0.39 is 0 Å². The summed E-state index contributed by atoms with van der Waals surface area (Å²) in [5.41, 5.74) is 2.77. The molecule has 0 saturated carbocycles. The summed E-state index contributed by atoms with van der Waals surface area (Å²) in [6.45, 7) is 1.16. The fourth-order valence-corrected chi connectivity index (χ4v) is 2.76. The number of carbonyl (C=O) groups excluding carboxylic acids is 1. The van der Waals surface area contributed by atoms with Gasteiger partial charge in [0.2, 0.25) is 11.2 Å². The van der Waals surface area contributed by atoms with Gasteiger partial charge in [-0.05, 0) is 29.3 Å². The number of imidazole rings is 1. The van der Waals surface area contributed by atoms with Crippen LogP contribution < -0.4 is 0 Å². The molecule has 0 fully saturated rings. The van der Waals surface area contributed by atoms with Crippen molar-refractivity contribution in [3.05, 3.63) is 52.3 Å². The molecular formula is C15H15ClFN3O. The Kier molecular flexibility index (Phi) is 3.68. The van der Waals surface area contributed by atoms with Gasteiger partial charge in [-0.1, -0.05) is 12.1 Å². The van der Waals surface area contributed by atoms with Gasteiger partial charge in [-0.3, -0.25) is 4.79 Å². The van der Waals surface area contributed by atoms with Crippen LogP contribution in [0.4, 0.5) is 4.39 Å². The zero-order valence-electron chi connectivity index (χ0n) is 11.6. The number of aromatic nitrogens is 2. The predicted molar refractivity (Wildman–Crippen MR) is 77.4 cm³/mol. The van der Waals surface area contributed by atoms with Gasteiger partial charge in [0, 0.05) is 20.0 Å². The van der Waals surface area contributed by atoms with Crippen molar-refractivity contribution in [2.24, 2.45) is 7.05 Å². The number of fused-ring (bicyclic) bond motifs is 1. The van der Waals surface area contributed by atoms with Crippen LogP contribution in [-0.2, 0) is 31.2 Å². The second-order valence-electron chi connectivity index (χ2n) is 5.20. The molecule has 0 N–H and O–H groups in total. The molecule has 0 saturated heterocycles. The lowest BCUT2D eigenvalue weighted by Crippen LogP contribution is -2.37. The highest BCUT2D eigenvalue weighted by molar-refractivity contribution is 6.28. The van der Waals surface area contributed by atoms with Gasteiger partial charge < -0.3 is 9.47 Å². The minimum Gasteiger partial charge on any atom is -0.336 e. The van der Waals surface area contributed by atoms with E-state index in [1.807, 2.05) is 11.6 Å². The lowest BCUT2D eigenvalue weighted by molar-refractivity contribution is -0.131. The molecular weight excluding hydrogens is 293 g/mol. The van der Waals surface area contributed by atoms with Crippen LogP contribution in [-0.4, -0.2) is 26.9 Å². The fourth-order valence-electron chi connectivity index (χ4n) is 2.56. The monoisotopic (exact) mass is 307 g/mol. The van der Waals surface area contributed by atoms with Crippen LogP contribution in [0, 0.1) is 5.82 Å². The van der Waals surface area contributed by atoms with E-state index in [0.29, 0.717) is 24.8 Å². The lowest BCUT2D eigenvalue weighted by Gasteiger charge is -2.27. The van der Waals surface area contributed by atoms with Crippen molar-refractivity contribution in [3.63, 3.8) is 0 Å². The van der Waals surface area contributed by atoms with Gasteiger partial charge >= 0.3 is 0 Å². The van der Waals surface area contributed by atoms with Gasteiger partial charge in [0.05, 0.1) is 24.4 Å². The average Bonchev–Trinajstić information content (AvgIpc) is 2.76. The number of nitrogens with zero attached hydrogens (tertiary/aromatic N) is 3. The van der Waals surface area contributed by atoms with Gasteiger partial charge in [0.15, 0.2) is 0 Å². The molecule has 0 bridgehead atoms. The first-order valence-electron chi connectivity index (χ1n) is 6.77. The van der Waals surface area contributed by atoms with E-state index >= 15 is 0 Å². The molecule has 21 heavy (non-hydrogen) atoms. The maximum Gasteiger partial charge on any atom is 0.227 e. The molecule has 1 aromatic carbocycles. The van der Waals surface area contributed by atoms with Crippen LogP contribution >= 0.6 is 11.6 Å². The molecule has 0 atom stereocenters. The standard InChI is InChI=1S/C15H15ClFN3O/c1-19-13-9-20(7-6-12(13)18-15(19)16)14(21)8-10-2-4-11(17)5-3-10/h2-5H,6-9H2,1H3. The maximum absolute atomic E-state index is 12.9. The summed E-state index contributed by atoms with van der Waals surface area (Å²) in [4.78, 5) is 18.4. The smallest absolute Gasteiger partial charge is 0.227 e. The van der Waals surface area contributed by atoms with E-state index in [0.717, 1.165) is 17.0 Å². The van der Waals surface area contributed by atoms with Gasteiger partial charge in [0.1, 0.15) is 5.82 Å². The molecule has 1 aromatic heterocycles. The Bertz CT molecular complexity index is 681. The SMILES string of the molecule is Cn1c(Cl)nc2c1CN(C(=O)Cc1ccc(F)cc1)CC2. The zero-order chi connectivity index (χ0) is 15.0. The molecule has 1 amide bonds. The molecule has 3 rings (SSSR count). The summed E-state index contributed by atoms with van der Waals surface area (Å²) in [6.07, 6.45) is 0.992. The number of halogens is 2. The second-order valence-corrected chi connectivity index (χ2v) is 5.54. The first-order chi connectivity index (χ1) is 10.0. The number of rotatable bonds is 2. The summed E-state index contributed by atoms with van der Waals surface area (Å²) in [5, 5.41) is 0.452. The van der Waals surface area contributed by atoms with E-state index in [1.165, 1.54) is 12.1 Å². The fraction of sp³-hybridized carbons (Fsp3) is 0.333. The van der Waals surface area contributed by atoms with Crippen LogP contribution in [0.1, 0.15) is 17.0 Å². The van der Waals surface area contributed by atoms with Crippen molar-refractivity contribution in [1.29, 1.82) is 0 Å². The van der Waals surface area contributed by atoms with Crippen LogP contribution in [0.5, 0.6) is 0 Å².